The van der Waals surface area contributed by atoms with Crippen LogP contribution in [0.5, 0.6) is 0 Å². The lowest BCUT2D eigenvalue weighted by Gasteiger charge is -2.30. The minimum Gasteiger partial charge on any atom is -0.378 e. The summed E-state index contributed by atoms with van der Waals surface area (Å²) in [4.78, 5) is 24.0. The number of carbonyl (C=O) groups is 1. The zero-order chi connectivity index (χ0) is 17.1. The van der Waals surface area contributed by atoms with Gasteiger partial charge in [-0.1, -0.05) is 12.8 Å². The van der Waals surface area contributed by atoms with Crippen LogP contribution >= 0.6 is 0 Å². The van der Waals surface area contributed by atoms with Crippen LogP contribution < -0.4 is 10.2 Å². The van der Waals surface area contributed by atoms with Crippen LogP contribution in [0.4, 0.5) is 5.95 Å². The summed E-state index contributed by atoms with van der Waals surface area (Å²) in [6.45, 7) is 3.17. The second kappa shape index (κ2) is 7.68. The van der Waals surface area contributed by atoms with E-state index in [-0.39, 0.29) is 11.9 Å². The van der Waals surface area contributed by atoms with Crippen molar-refractivity contribution in [3.05, 3.63) is 17.5 Å². The van der Waals surface area contributed by atoms with E-state index >= 15 is 0 Å². The second-order valence-corrected chi connectivity index (χ2v) is 7.54. The maximum atomic E-state index is 12.4. The fourth-order valence-electron chi connectivity index (χ4n) is 4.33. The predicted octanol–water partition coefficient (Wildman–Crippen LogP) is 2.39. The Morgan fingerprint density at radius 1 is 1.20 bits per heavy atom. The van der Waals surface area contributed by atoms with Crippen molar-refractivity contribution in [3.63, 3.8) is 0 Å². The molecule has 1 amide bonds. The number of hydrogen-bond acceptors (Lipinski definition) is 5. The van der Waals surface area contributed by atoms with Gasteiger partial charge in [0.05, 0.1) is 24.9 Å². The summed E-state index contributed by atoms with van der Waals surface area (Å²) in [6.07, 6.45) is 10.6. The lowest BCUT2D eigenvalue weighted by Crippen LogP contribution is -2.38. The summed E-state index contributed by atoms with van der Waals surface area (Å²) in [6, 6.07) is 0.0800. The zero-order valence-corrected chi connectivity index (χ0v) is 14.9. The first-order valence-electron chi connectivity index (χ1n) is 9.77. The van der Waals surface area contributed by atoms with Crippen LogP contribution in [0.1, 0.15) is 62.2 Å². The van der Waals surface area contributed by atoms with Gasteiger partial charge in [0.15, 0.2) is 0 Å². The van der Waals surface area contributed by atoms with E-state index in [1.165, 1.54) is 25.7 Å². The van der Waals surface area contributed by atoms with E-state index in [0.717, 1.165) is 62.8 Å². The standard InChI is InChI=1S/C19H28N4O2/c24-18(12-14-4-1-2-5-14)21-16-6-3-7-17-15(16)13-20-19(22-17)23-8-10-25-11-9-23/h13-14,16H,1-12H2,(H,21,24). The molecule has 0 bridgehead atoms. The molecule has 2 aliphatic carbocycles. The van der Waals surface area contributed by atoms with E-state index < -0.39 is 0 Å². The smallest absolute Gasteiger partial charge is 0.225 e. The Hall–Kier alpha value is -1.69. The SMILES string of the molecule is O=C(CC1CCCC1)NC1CCCc2nc(N3CCOCC3)ncc21. The van der Waals surface area contributed by atoms with Crippen molar-refractivity contribution in [3.8, 4) is 0 Å². The number of anilines is 1. The highest BCUT2D eigenvalue weighted by molar-refractivity contribution is 5.76. The van der Waals surface area contributed by atoms with Gasteiger partial charge in [-0.3, -0.25) is 4.79 Å². The van der Waals surface area contributed by atoms with Gasteiger partial charge in [-0.25, -0.2) is 9.97 Å². The highest BCUT2D eigenvalue weighted by Gasteiger charge is 2.26. The molecule has 0 spiro atoms. The first-order valence-corrected chi connectivity index (χ1v) is 9.77. The Bertz CT molecular complexity index is 609. The molecular formula is C19H28N4O2. The summed E-state index contributed by atoms with van der Waals surface area (Å²) in [5.74, 6) is 1.59. The van der Waals surface area contributed by atoms with Crippen molar-refractivity contribution in [1.82, 2.24) is 15.3 Å². The molecule has 1 aromatic rings. The summed E-state index contributed by atoms with van der Waals surface area (Å²) >= 11 is 0. The fourth-order valence-corrected chi connectivity index (χ4v) is 4.33. The average Bonchev–Trinajstić information content (AvgIpc) is 3.15. The lowest BCUT2D eigenvalue weighted by molar-refractivity contribution is -0.122. The van der Waals surface area contributed by atoms with Gasteiger partial charge in [0.25, 0.3) is 0 Å². The van der Waals surface area contributed by atoms with Crippen molar-refractivity contribution >= 4 is 11.9 Å². The molecule has 136 valence electrons. The molecule has 1 unspecified atom stereocenters. The Morgan fingerprint density at radius 3 is 2.80 bits per heavy atom. The van der Waals surface area contributed by atoms with Gasteiger partial charge in [-0.05, 0) is 38.0 Å². The van der Waals surface area contributed by atoms with Crippen LogP contribution in [-0.4, -0.2) is 42.2 Å². The van der Waals surface area contributed by atoms with E-state index in [0.29, 0.717) is 12.3 Å². The quantitative estimate of drug-likeness (QED) is 0.908. The van der Waals surface area contributed by atoms with E-state index in [1.54, 1.807) is 0 Å². The highest BCUT2D eigenvalue weighted by atomic mass is 16.5. The molecule has 2 heterocycles. The summed E-state index contributed by atoms with van der Waals surface area (Å²) in [5.41, 5.74) is 2.22. The molecule has 25 heavy (non-hydrogen) atoms. The molecule has 1 aromatic heterocycles. The molecule has 1 N–H and O–H groups in total. The normalized spacial score (nSPS) is 24.2. The Balaban J connectivity index is 1.43. The van der Waals surface area contributed by atoms with Gasteiger partial charge in [0.1, 0.15) is 0 Å². The van der Waals surface area contributed by atoms with Crippen molar-refractivity contribution in [2.24, 2.45) is 5.92 Å². The Morgan fingerprint density at radius 2 is 2.00 bits per heavy atom. The number of fused-ring (bicyclic) bond motifs is 1. The van der Waals surface area contributed by atoms with E-state index in [1.807, 2.05) is 6.20 Å². The average molecular weight is 344 g/mol. The summed E-state index contributed by atoms with van der Waals surface area (Å²) in [5, 5.41) is 3.25. The predicted molar refractivity (Wildman–Crippen MR) is 95.5 cm³/mol. The molecule has 6 nitrogen and oxygen atoms in total. The number of nitrogens with zero attached hydrogens (tertiary/aromatic N) is 3. The Kier molecular flexibility index (Phi) is 5.15. The number of aromatic nitrogens is 2. The molecular weight excluding hydrogens is 316 g/mol. The van der Waals surface area contributed by atoms with Crippen LogP contribution in [0, 0.1) is 5.92 Å². The van der Waals surface area contributed by atoms with Crippen molar-refractivity contribution < 1.29 is 9.53 Å². The number of amides is 1. The number of carbonyl (C=O) groups excluding carboxylic acids is 1. The van der Waals surface area contributed by atoms with Crippen LogP contribution in [-0.2, 0) is 16.0 Å². The number of morpholine rings is 1. The van der Waals surface area contributed by atoms with Crippen molar-refractivity contribution in [2.45, 2.75) is 57.4 Å². The molecule has 4 rings (SSSR count). The van der Waals surface area contributed by atoms with Gasteiger partial charge in [-0.2, -0.15) is 0 Å². The maximum Gasteiger partial charge on any atom is 0.225 e. The number of rotatable bonds is 4. The zero-order valence-electron chi connectivity index (χ0n) is 14.9. The second-order valence-electron chi connectivity index (χ2n) is 7.54. The van der Waals surface area contributed by atoms with Gasteiger partial charge in [-0.15, -0.1) is 0 Å². The van der Waals surface area contributed by atoms with E-state index in [2.05, 4.69) is 15.2 Å². The van der Waals surface area contributed by atoms with Gasteiger partial charge in [0, 0.05) is 31.3 Å². The first-order chi connectivity index (χ1) is 12.3. The molecule has 3 aliphatic rings. The third-order valence-corrected chi connectivity index (χ3v) is 5.75. The Labute approximate surface area is 149 Å². The first kappa shape index (κ1) is 16.8. The van der Waals surface area contributed by atoms with Crippen molar-refractivity contribution in [1.29, 1.82) is 0 Å². The molecule has 1 saturated heterocycles. The summed E-state index contributed by atoms with van der Waals surface area (Å²) in [7, 11) is 0. The van der Waals surface area contributed by atoms with E-state index in [4.69, 9.17) is 9.72 Å². The molecule has 0 radical (unpaired) electrons. The van der Waals surface area contributed by atoms with Gasteiger partial charge >= 0.3 is 0 Å². The number of ether oxygens (including phenoxy) is 1. The largest absolute Gasteiger partial charge is 0.378 e. The maximum absolute atomic E-state index is 12.4. The highest BCUT2D eigenvalue weighted by Crippen LogP contribution is 2.31. The topological polar surface area (TPSA) is 67.4 Å². The van der Waals surface area contributed by atoms with E-state index in [9.17, 15) is 4.79 Å². The summed E-state index contributed by atoms with van der Waals surface area (Å²) < 4.78 is 5.40. The minimum absolute atomic E-state index is 0.0800. The fraction of sp³-hybridized carbons (Fsp3) is 0.737. The van der Waals surface area contributed by atoms with Crippen LogP contribution in [0.3, 0.4) is 0 Å². The molecule has 0 aromatic carbocycles. The van der Waals surface area contributed by atoms with Crippen molar-refractivity contribution in [2.75, 3.05) is 31.2 Å². The third kappa shape index (κ3) is 3.94. The monoisotopic (exact) mass is 344 g/mol. The minimum atomic E-state index is 0.0800. The molecule has 6 heteroatoms. The number of nitrogens with one attached hydrogen (secondary N) is 1. The molecule has 1 saturated carbocycles. The lowest BCUT2D eigenvalue weighted by atomic mass is 9.92. The number of aryl methyl sites for hydroxylation is 1. The molecule has 1 aliphatic heterocycles. The third-order valence-electron chi connectivity index (χ3n) is 5.75. The molecule has 1 atom stereocenters. The van der Waals surface area contributed by atoms with Gasteiger partial charge < -0.3 is 15.0 Å². The van der Waals surface area contributed by atoms with Crippen LogP contribution in [0.15, 0.2) is 6.20 Å². The van der Waals surface area contributed by atoms with Gasteiger partial charge in [0.2, 0.25) is 11.9 Å². The molecule has 2 fully saturated rings. The number of hydrogen-bond donors (Lipinski definition) is 1. The van der Waals surface area contributed by atoms with Crippen LogP contribution in [0.25, 0.3) is 0 Å². The van der Waals surface area contributed by atoms with Crippen LogP contribution in [0.2, 0.25) is 0 Å².